The van der Waals surface area contributed by atoms with Gasteiger partial charge in [0.25, 0.3) is 0 Å². The summed E-state index contributed by atoms with van der Waals surface area (Å²) in [7, 11) is 0. The van der Waals surface area contributed by atoms with E-state index in [0.717, 1.165) is 67.9 Å². The summed E-state index contributed by atoms with van der Waals surface area (Å²) in [6.45, 7) is 0. The Morgan fingerprint density at radius 1 is 0.262 bits per heavy atom. The second-order valence-corrected chi connectivity index (χ2v) is 9.67. The number of pyridine rings is 6. The van der Waals surface area contributed by atoms with Crippen molar-refractivity contribution in [2.24, 2.45) is 0 Å². The van der Waals surface area contributed by atoms with Gasteiger partial charge < -0.3 is 0 Å². The molecule has 6 aromatic heterocycles. The molecule has 0 aliphatic rings. The van der Waals surface area contributed by atoms with E-state index in [1.54, 1.807) is 18.6 Å². The number of benzene rings is 1. The standard InChI is InChI=1S/C36H24N6/c1-4-19-37-31(10-1)34-16-7-13-28(40-34)25-22-26(29-14-8-17-35(41-29)32-11-2-5-20-38-32)24-27(23-25)30-15-9-18-36(42-30)33-12-3-6-21-39-33/h1-24H. The highest BCUT2D eigenvalue weighted by molar-refractivity contribution is 5.80. The summed E-state index contributed by atoms with van der Waals surface area (Å²) < 4.78 is 0. The van der Waals surface area contributed by atoms with Gasteiger partial charge in [-0.2, -0.15) is 0 Å². The zero-order valence-electron chi connectivity index (χ0n) is 22.5. The van der Waals surface area contributed by atoms with Crippen molar-refractivity contribution >= 4 is 0 Å². The number of hydrogen-bond donors (Lipinski definition) is 0. The highest BCUT2D eigenvalue weighted by atomic mass is 14.8. The van der Waals surface area contributed by atoms with Crippen molar-refractivity contribution in [1.82, 2.24) is 29.9 Å². The average molecular weight is 541 g/mol. The Morgan fingerprint density at radius 3 is 0.833 bits per heavy atom. The number of hydrogen-bond acceptors (Lipinski definition) is 6. The summed E-state index contributed by atoms with van der Waals surface area (Å²) in [5.41, 5.74) is 10.3. The molecule has 0 amide bonds. The average Bonchev–Trinajstić information content (AvgIpc) is 3.09. The second kappa shape index (κ2) is 11.3. The zero-order chi connectivity index (χ0) is 28.1. The summed E-state index contributed by atoms with van der Waals surface area (Å²) >= 11 is 0. The van der Waals surface area contributed by atoms with E-state index in [4.69, 9.17) is 15.0 Å². The van der Waals surface area contributed by atoms with E-state index in [1.807, 2.05) is 109 Å². The topological polar surface area (TPSA) is 77.3 Å². The maximum atomic E-state index is 4.99. The van der Waals surface area contributed by atoms with Crippen LogP contribution in [0.3, 0.4) is 0 Å². The van der Waals surface area contributed by atoms with Gasteiger partial charge in [0.1, 0.15) is 0 Å². The van der Waals surface area contributed by atoms with Crippen LogP contribution < -0.4 is 0 Å². The first-order valence-electron chi connectivity index (χ1n) is 13.6. The van der Waals surface area contributed by atoms with Gasteiger partial charge >= 0.3 is 0 Å². The summed E-state index contributed by atoms with van der Waals surface area (Å²) in [6, 6.07) is 41.9. The lowest BCUT2D eigenvalue weighted by atomic mass is 9.98. The Morgan fingerprint density at radius 2 is 0.548 bits per heavy atom. The molecule has 1 aromatic carbocycles. The quantitative estimate of drug-likeness (QED) is 0.212. The minimum Gasteiger partial charge on any atom is -0.255 e. The van der Waals surface area contributed by atoms with Crippen molar-refractivity contribution in [3.05, 3.63) is 146 Å². The van der Waals surface area contributed by atoms with Gasteiger partial charge in [-0.25, -0.2) is 15.0 Å². The molecule has 0 aliphatic heterocycles. The van der Waals surface area contributed by atoms with Crippen molar-refractivity contribution in [2.45, 2.75) is 0 Å². The molecule has 42 heavy (non-hydrogen) atoms. The molecule has 0 saturated heterocycles. The van der Waals surface area contributed by atoms with Crippen molar-refractivity contribution in [3.8, 4) is 67.9 Å². The Hall–Kier alpha value is -5.88. The Labute approximate surface area is 243 Å². The first-order valence-corrected chi connectivity index (χ1v) is 13.6. The van der Waals surface area contributed by atoms with Crippen LogP contribution in [0.15, 0.2) is 146 Å². The summed E-state index contributed by atoms with van der Waals surface area (Å²) in [4.78, 5) is 28.5. The van der Waals surface area contributed by atoms with Crippen LogP contribution in [0.4, 0.5) is 0 Å². The van der Waals surface area contributed by atoms with E-state index < -0.39 is 0 Å². The van der Waals surface area contributed by atoms with E-state index in [9.17, 15) is 0 Å². The molecule has 0 saturated carbocycles. The predicted molar refractivity (Wildman–Crippen MR) is 166 cm³/mol. The van der Waals surface area contributed by atoms with E-state index in [-0.39, 0.29) is 0 Å². The third-order valence-corrected chi connectivity index (χ3v) is 6.85. The van der Waals surface area contributed by atoms with Crippen molar-refractivity contribution in [1.29, 1.82) is 0 Å². The van der Waals surface area contributed by atoms with Crippen LogP contribution in [-0.4, -0.2) is 29.9 Å². The van der Waals surface area contributed by atoms with Crippen LogP contribution in [0.2, 0.25) is 0 Å². The van der Waals surface area contributed by atoms with Crippen LogP contribution in [0, 0.1) is 0 Å². The van der Waals surface area contributed by atoms with Crippen molar-refractivity contribution in [3.63, 3.8) is 0 Å². The number of rotatable bonds is 6. The molecule has 0 radical (unpaired) electrons. The van der Waals surface area contributed by atoms with Crippen LogP contribution in [-0.2, 0) is 0 Å². The van der Waals surface area contributed by atoms with Gasteiger partial charge in [-0.05, 0) is 91.0 Å². The van der Waals surface area contributed by atoms with Gasteiger partial charge in [0.2, 0.25) is 0 Å². The molecular formula is C36H24N6. The Balaban J connectivity index is 1.38. The third-order valence-electron chi connectivity index (χ3n) is 6.85. The minimum atomic E-state index is 0.811. The lowest BCUT2D eigenvalue weighted by molar-refractivity contribution is 1.24. The summed E-state index contributed by atoms with van der Waals surface area (Å²) in [5.74, 6) is 0. The van der Waals surface area contributed by atoms with Crippen LogP contribution in [0.5, 0.6) is 0 Å². The molecule has 0 bridgehead atoms. The van der Waals surface area contributed by atoms with Crippen molar-refractivity contribution < 1.29 is 0 Å². The Kier molecular flexibility index (Phi) is 6.76. The van der Waals surface area contributed by atoms with Gasteiger partial charge in [-0.1, -0.05) is 36.4 Å². The van der Waals surface area contributed by atoms with E-state index in [1.165, 1.54) is 0 Å². The fourth-order valence-corrected chi connectivity index (χ4v) is 4.83. The molecule has 6 heterocycles. The molecule has 0 fully saturated rings. The zero-order valence-corrected chi connectivity index (χ0v) is 22.5. The molecule has 6 heteroatoms. The second-order valence-electron chi connectivity index (χ2n) is 9.67. The van der Waals surface area contributed by atoms with Crippen LogP contribution in [0.1, 0.15) is 0 Å². The molecule has 6 nitrogen and oxygen atoms in total. The van der Waals surface area contributed by atoms with Gasteiger partial charge in [0, 0.05) is 35.3 Å². The number of nitrogens with zero attached hydrogens (tertiary/aromatic N) is 6. The predicted octanol–water partition coefficient (Wildman–Crippen LogP) is 8.06. The van der Waals surface area contributed by atoms with Gasteiger partial charge in [0.15, 0.2) is 0 Å². The summed E-state index contributed by atoms with van der Waals surface area (Å²) in [5, 5.41) is 0. The molecule has 0 aliphatic carbocycles. The third kappa shape index (κ3) is 5.29. The molecule has 198 valence electrons. The van der Waals surface area contributed by atoms with E-state index in [2.05, 4.69) is 33.2 Å². The molecule has 0 N–H and O–H groups in total. The van der Waals surface area contributed by atoms with Gasteiger partial charge in [-0.3, -0.25) is 15.0 Å². The smallest absolute Gasteiger partial charge is 0.0893 e. The van der Waals surface area contributed by atoms with Gasteiger partial charge in [-0.15, -0.1) is 0 Å². The van der Waals surface area contributed by atoms with E-state index in [0.29, 0.717) is 0 Å². The Bertz CT molecular complexity index is 1730. The first kappa shape index (κ1) is 25.1. The minimum absolute atomic E-state index is 0.811. The molecular weight excluding hydrogens is 516 g/mol. The maximum Gasteiger partial charge on any atom is 0.0893 e. The van der Waals surface area contributed by atoms with Gasteiger partial charge in [0.05, 0.1) is 51.2 Å². The first-order chi connectivity index (χ1) is 20.8. The highest BCUT2D eigenvalue weighted by Crippen LogP contribution is 2.33. The maximum absolute atomic E-state index is 4.99. The molecule has 0 atom stereocenters. The fourth-order valence-electron chi connectivity index (χ4n) is 4.83. The fraction of sp³-hybridized carbons (Fsp3) is 0. The largest absolute Gasteiger partial charge is 0.255 e. The highest BCUT2D eigenvalue weighted by Gasteiger charge is 2.13. The van der Waals surface area contributed by atoms with Crippen LogP contribution >= 0.6 is 0 Å². The molecule has 7 rings (SSSR count). The summed E-state index contributed by atoms with van der Waals surface area (Å²) in [6.07, 6.45) is 5.34. The lowest BCUT2D eigenvalue weighted by Crippen LogP contribution is -1.95. The number of aromatic nitrogens is 6. The normalized spacial score (nSPS) is 10.9. The SMILES string of the molecule is c1ccc(-c2cccc(-c3cc(-c4cccc(-c5ccccn5)n4)cc(-c4cccc(-c5ccccn5)n4)c3)n2)nc1. The lowest BCUT2D eigenvalue weighted by Gasteiger charge is -2.12. The monoisotopic (exact) mass is 540 g/mol. The molecule has 0 unspecified atom stereocenters. The van der Waals surface area contributed by atoms with Crippen molar-refractivity contribution in [2.75, 3.05) is 0 Å². The van der Waals surface area contributed by atoms with E-state index >= 15 is 0 Å². The van der Waals surface area contributed by atoms with Crippen LogP contribution in [0.25, 0.3) is 67.9 Å². The molecule has 0 spiro atoms. The molecule has 7 aromatic rings.